The lowest BCUT2D eigenvalue weighted by atomic mass is 9.88. The van der Waals surface area contributed by atoms with Crippen molar-refractivity contribution in [2.45, 2.75) is 44.6 Å². The molecule has 3 heterocycles. The molecular weight excluding hydrogens is 334 g/mol. The number of hydrogen-bond donors (Lipinski definition) is 2. The van der Waals surface area contributed by atoms with E-state index in [1.165, 1.54) is 32.1 Å². The van der Waals surface area contributed by atoms with Crippen LogP contribution in [0.3, 0.4) is 0 Å². The van der Waals surface area contributed by atoms with E-state index in [1.807, 2.05) is 12.3 Å². The Hall–Kier alpha value is -2.95. The van der Waals surface area contributed by atoms with E-state index in [2.05, 4.69) is 45.6 Å². The van der Waals surface area contributed by atoms with Gasteiger partial charge in [0.05, 0.1) is 5.39 Å². The Labute approximate surface area is 158 Å². The van der Waals surface area contributed by atoms with Crippen molar-refractivity contribution < 1.29 is 0 Å². The molecule has 0 aliphatic heterocycles. The van der Waals surface area contributed by atoms with E-state index >= 15 is 0 Å². The van der Waals surface area contributed by atoms with Crippen molar-refractivity contribution in [2.24, 2.45) is 0 Å². The maximum absolute atomic E-state index is 5.00. The van der Waals surface area contributed by atoms with Crippen LogP contribution in [-0.4, -0.2) is 19.9 Å². The molecule has 5 nitrogen and oxygen atoms in total. The third kappa shape index (κ3) is 3.14. The molecule has 4 aromatic rings. The first-order valence-electron chi connectivity index (χ1n) is 9.79. The van der Waals surface area contributed by atoms with Crippen LogP contribution in [0.25, 0.3) is 21.9 Å². The van der Waals surface area contributed by atoms with Crippen LogP contribution < -0.4 is 5.32 Å². The summed E-state index contributed by atoms with van der Waals surface area (Å²) in [5, 5.41) is 5.79. The second-order valence-electron chi connectivity index (χ2n) is 7.37. The van der Waals surface area contributed by atoms with Crippen molar-refractivity contribution >= 4 is 27.8 Å². The Morgan fingerprint density at radius 3 is 2.74 bits per heavy atom. The minimum atomic E-state index is 0.466. The van der Waals surface area contributed by atoms with Crippen molar-refractivity contribution in [2.75, 3.05) is 5.32 Å². The molecular formula is C22H23N5. The Kier molecular flexibility index (Phi) is 4.20. The normalized spacial score (nSPS) is 15.4. The van der Waals surface area contributed by atoms with Crippen LogP contribution in [-0.2, 0) is 6.54 Å². The van der Waals surface area contributed by atoms with Gasteiger partial charge in [-0.25, -0.2) is 9.97 Å². The summed E-state index contributed by atoms with van der Waals surface area (Å²) in [7, 11) is 0. The van der Waals surface area contributed by atoms with Crippen LogP contribution in [0.4, 0.5) is 5.82 Å². The summed E-state index contributed by atoms with van der Waals surface area (Å²) in [6.45, 7) is 0.698. The highest BCUT2D eigenvalue weighted by molar-refractivity contribution is 6.11. The van der Waals surface area contributed by atoms with Crippen LogP contribution in [0.2, 0.25) is 0 Å². The van der Waals surface area contributed by atoms with Gasteiger partial charge in [-0.3, -0.25) is 4.98 Å². The fourth-order valence-corrected chi connectivity index (χ4v) is 4.12. The molecule has 5 heteroatoms. The Bertz CT molecular complexity index is 1060. The number of anilines is 1. The van der Waals surface area contributed by atoms with E-state index in [9.17, 15) is 0 Å². The van der Waals surface area contributed by atoms with Gasteiger partial charge < -0.3 is 10.3 Å². The van der Waals surface area contributed by atoms with Gasteiger partial charge in [-0.05, 0) is 30.5 Å². The highest BCUT2D eigenvalue weighted by Gasteiger charge is 2.21. The van der Waals surface area contributed by atoms with Gasteiger partial charge in [-0.2, -0.15) is 0 Å². The largest absolute Gasteiger partial charge is 0.365 e. The number of H-pyrrole nitrogens is 1. The number of benzene rings is 1. The van der Waals surface area contributed by atoms with E-state index in [0.717, 1.165) is 39.1 Å². The molecule has 1 fully saturated rings. The highest BCUT2D eigenvalue weighted by atomic mass is 15.1. The third-order valence-electron chi connectivity index (χ3n) is 5.53. The van der Waals surface area contributed by atoms with Crippen molar-refractivity contribution in [3.63, 3.8) is 0 Å². The summed E-state index contributed by atoms with van der Waals surface area (Å²) in [5.41, 5.74) is 3.18. The Morgan fingerprint density at radius 1 is 1.00 bits per heavy atom. The fraction of sp³-hybridized carbons (Fsp3) is 0.318. The molecule has 0 unspecified atom stereocenters. The molecule has 0 atom stereocenters. The van der Waals surface area contributed by atoms with Crippen molar-refractivity contribution in [3.8, 4) is 0 Å². The summed E-state index contributed by atoms with van der Waals surface area (Å²) < 4.78 is 0. The number of fused-ring (bicyclic) bond motifs is 3. The number of para-hydroxylation sites is 1. The summed E-state index contributed by atoms with van der Waals surface area (Å²) >= 11 is 0. The molecule has 1 aromatic carbocycles. The van der Waals surface area contributed by atoms with Crippen LogP contribution in [0.1, 0.15) is 49.4 Å². The first-order valence-corrected chi connectivity index (χ1v) is 9.79. The minimum absolute atomic E-state index is 0.466. The standard InChI is InChI=1S/C22H23N5/c1-2-8-16(9-3-1)20-26-21(24-14-15-7-6-12-23-13-15)19-17-10-4-5-11-18(17)25-22(19)27-20/h4-7,10-13,16H,1-3,8-9,14H2,(H2,24,25,26,27). The Balaban J connectivity index is 1.60. The van der Waals surface area contributed by atoms with E-state index in [4.69, 9.17) is 9.97 Å². The maximum atomic E-state index is 5.00. The van der Waals surface area contributed by atoms with Gasteiger partial charge >= 0.3 is 0 Å². The summed E-state index contributed by atoms with van der Waals surface area (Å²) in [5.74, 6) is 2.36. The van der Waals surface area contributed by atoms with E-state index in [-0.39, 0.29) is 0 Å². The predicted octanol–water partition coefficient (Wildman–Crippen LogP) is 5.17. The Morgan fingerprint density at radius 2 is 1.89 bits per heavy atom. The SMILES string of the molecule is c1cncc(CNc2nc(C3CCCCC3)nc3[nH]c4ccccc4c23)c1. The number of hydrogen-bond acceptors (Lipinski definition) is 4. The zero-order chi connectivity index (χ0) is 18.1. The zero-order valence-electron chi connectivity index (χ0n) is 15.3. The molecule has 1 aliphatic carbocycles. The van der Waals surface area contributed by atoms with Crippen LogP contribution in [0.15, 0.2) is 48.8 Å². The molecule has 0 bridgehead atoms. The van der Waals surface area contributed by atoms with Gasteiger partial charge in [0, 0.05) is 35.8 Å². The van der Waals surface area contributed by atoms with Crippen LogP contribution >= 0.6 is 0 Å². The third-order valence-corrected chi connectivity index (χ3v) is 5.53. The van der Waals surface area contributed by atoms with Gasteiger partial charge in [-0.15, -0.1) is 0 Å². The van der Waals surface area contributed by atoms with E-state index < -0.39 is 0 Å². The van der Waals surface area contributed by atoms with E-state index in [1.54, 1.807) is 6.20 Å². The molecule has 136 valence electrons. The molecule has 5 rings (SSSR count). The molecule has 1 saturated carbocycles. The highest BCUT2D eigenvalue weighted by Crippen LogP contribution is 2.35. The van der Waals surface area contributed by atoms with E-state index in [0.29, 0.717) is 12.5 Å². The molecule has 2 N–H and O–H groups in total. The fourth-order valence-electron chi connectivity index (χ4n) is 4.12. The average molecular weight is 357 g/mol. The maximum Gasteiger partial charge on any atom is 0.144 e. The van der Waals surface area contributed by atoms with Crippen LogP contribution in [0, 0.1) is 0 Å². The minimum Gasteiger partial charge on any atom is -0.365 e. The average Bonchev–Trinajstić information content (AvgIpc) is 3.12. The van der Waals surface area contributed by atoms with Gasteiger partial charge in [-0.1, -0.05) is 43.5 Å². The number of nitrogens with one attached hydrogen (secondary N) is 2. The van der Waals surface area contributed by atoms with Gasteiger partial charge in [0.2, 0.25) is 0 Å². The molecule has 1 aliphatic rings. The number of nitrogens with zero attached hydrogens (tertiary/aromatic N) is 3. The lowest BCUT2D eigenvalue weighted by Gasteiger charge is -2.21. The lowest BCUT2D eigenvalue weighted by Crippen LogP contribution is -2.11. The van der Waals surface area contributed by atoms with Crippen LogP contribution in [0.5, 0.6) is 0 Å². The second kappa shape index (κ2) is 6.99. The summed E-state index contributed by atoms with van der Waals surface area (Å²) in [6.07, 6.45) is 9.95. The lowest BCUT2D eigenvalue weighted by molar-refractivity contribution is 0.429. The van der Waals surface area contributed by atoms with Crippen molar-refractivity contribution in [1.82, 2.24) is 19.9 Å². The monoisotopic (exact) mass is 357 g/mol. The van der Waals surface area contributed by atoms with Gasteiger partial charge in [0.15, 0.2) is 0 Å². The predicted molar refractivity (Wildman–Crippen MR) is 109 cm³/mol. The van der Waals surface area contributed by atoms with Gasteiger partial charge in [0.1, 0.15) is 17.3 Å². The first kappa shape index (κ1) is 16.2. The molecule has 3 aromatic heterocycles. The second-order valence-corrected chi connectivity index (χ2v) is 7.37. The summed E-state index contributed by atoms with van der Waals surface area (Å²) in [4.78, 5) is 17.6. The van der Waals surface area contributed by atoms with Crippen molar-refractivity contribution in [3.05, 3.63) is 60.2 Å². The van der Waals surface area contributed by atoms with Crippen molar-refractivity contribution in [1.29, 1.82) is 0 Å². The summed E-state index contributed by atoms with van der Waals surface area (Å²) in [6, 6.07) is 12.4. The number of aromatic amines is 1. The smallest absolute Gasteiger partial charge is 0.144 e. The number of pyridine rings is 1. The molecule has 0 radical (unpaired) electrons. The first-order chi connectivity index (χ1) is 13.4. The molecule has 0 saturated heterocycles. The number of rotatable bonds is 4. The topological polar surface area (TPSA) is 66.5 Å². The number of aromatic nitrogens is 4. The molecule has 0 spiro atoms. The van der Waals surface area contributed by atoms with Gasteiger partial charge in [0.25, 0.3) is 0 Å². The zero-order valence-corrected chi connectivity index (χ0v) is 15.3. The quantitative estimate of drug-likeness (QED) is 0.529. The molecule has 0 amide bonds. The molecule has 27 heavy (non-hydrogen) atoms.